The number of esters is 3. The number of hydrogen-bond acceptors (Lipinski definition) is 11. The van der Waals surface area contributed by atoms with E-state index < -0.39 is 67.3 Å². The lowest BCUT2D eigenvalue weighted by atomic mass is 9.98. The van der Waals surface area contributed by atoms with Gasteiger partial charge < -0.3 is 39.0 Å². The molecule has 1 aliphatic heterocycles. The van der Waals surface area contributed by atoms with Crippen molar-refractivity contribution in [1.82, 2.24) is 0 Å². The smallest absolute Gasteiger partial charge is 0.335 e. The average Bonchev–Trinajstić information content (AvgIpc) is 3.46. The van der Waals surface area contributed by atoms with Gasteiger partial charge in [0.1, 0.15) is 18.8 Å². The number of carboxylic acid groups (broad SMARTS) is 1. The van der Waals surface area contributed by atoms with Crippen molar-refractivity contribution in [2.45, 2.75) is 276 Å². The summed E-state index contributed by atoms with van der Waals surface area (Å²) in [5.74, 6) is -3.19. The Morgan fingerprint density at radius 2 is 0.778 bits per heavy atom. The van der Waals surface area contributed by atoms with E-state index in [1.807, 2.05) is 0 Å². The Hall–Kier alpha value is -4.88. The van der Waals surface area contributed by atoms with Gasteiger partial charge in [-0.15, -0.1) is 0 Å². The molecule has 0 radical (unpaired) electrons. The van der Waals surface area contributed by atoms with Gasteiger partial charge in [0.2, 0.25) is 0 Å². The quantitative estimate of drug-likeness (QED) is 0.0228. The molecule has 1 fully saturated rings. The molecule has 1 aliphatic rings. The van der Waals surface area contributed by atoms with E-state index in [2.05, 4.69) is 142 Å². The largest absolute Gasteiger partial charge is 0.479 e. The van der Waals surface area contributed by atoms with E-state index in [4.69, 9.17) is 23.7 Å². The lowest BCUT2D eigenvalue weighted by Gasteiger charge is -2.40. The highest BCUT2D eigenvalue weighted by atomic mass is 16.7. The highest BCUT2D eigenvalue weighted by molar-refractivity contribution is 5.74. The fourth-order valence-electron chi connectivity index (χ4n) is 8.74. The van der Waals surface area contributed by atoms with Crippen LogP contribution in [-0.2, 0) is 42.9 Å². The normalized spacial score (nSPS) is 18.6. The zero-order valence-corrected chi connectivity index (χ0v) is 50.5. The molecule has 458 valence electrons. The van der Waals surface area contributed by atoms with Crippen molar-refractivity contribution in [3.63, 3.8) is 0 Å². The highest BCUT2D eigenvalue weighted by Gasteiger charge is 2.50. The first-order valence-corrected chi connectivity index (χ1v) is 31.5. The van der Waals surface area contributed by atoms with E-state index in [0.717, 1.165) is 180 Å². The lowest BCUT2D eigenvalue weighted by Crippen LogP contribution is -2.61. The van der Waals surface area contributed by atoms with Crippen molar-refractivity contribution in [3.8, 4) is 0 Å². The average molecular weight is 1130 g/mol. The molecule has 0 amide bonds. The van der Waals surface area contributed by atoms with Crippen LogP contribution in [0.1, 0.15) is 239 Å². The fourth-order valence-corrected chi connectivity index (χ4v) is 8.74. The van der Waals surface area contributed by atoms with Crippen LogP contribution in [-0.4, -0.2) is 89.2 Å². The molecule has 12 heteroatoms. The number of hydrogen-bond donors (Lipinski definition) is 3. The molecule has 3 N–H and O–H groups in total. The topological polar surface area (TPSA) is 175 Å². The third-order valence-corrected chi connectivity index (χ3v) is 13.5. The Kier molecular flexibility index (Phi) is 50.9. The minimum atomic E-state index is -1.92. The summed E-state index contributed by atoms with van der Waals surface area (Å²) in [7, 11) is 0. The number of unbranched alkanes of at least 4 members (excludes halogenated alkanes) is 18. The van der Waals surface area contributed by atoms with Crippen LogP contribution in [0.15, 0.2) is 122 Å². The fraction of sp³-hybridized carbons (Fsp3) is 0.652. The summed E-state index contributed by atoms with van der Waals surface area (Å²) in [6.45, 7) is 5.67. The van der Waals surface area contributed by atoms with Crippen LogP contribution in [0, 0.1) is 0 Å². The molecule has 1 heterocycles. The number of carboxylic acids is 1. The summed E-state index contributed by atoms with van der Waals surface area (Å²) in [6, 6.07) is 0. The lowest BCUT2D eigenvalue weighted by molar-refractivity contribution is -0.301. The second kappa shape index (κ2) is 55.6. The van der Waals surface area contributed by atoms with Crippen molar-refractivity contribution < 1.29 is 58.2 Å². The van der Waals surface area contributed by atoms with Gasteiger partial charge in [-0.3, -0.25) is 14.4 Å². The Morgan fingerprint density at radius 3 is 1.19 bits per heavy atom. The summed E-state index contributed by atoms with van der Waals surface area (Å²) in [6.07, 6.45) is 64.4. The van der Waals surface area contributed by atoms with Crippen LogP contribution >= 0.6 is 0 Å². The minimum absolute atomic E-state index is 0.0350. The summed E-state index contributed by atoms with van der Waals surface area (Å²) in [5, 5.41) is 31.5. The molecule has 81 heavy (non-hydrogen) atoms. The molecule has 0 aromatic rings. The number of carbonyl (C=O) groups excluding carboxylic acids is 3. The van der Waals surface area contributed by atoms with E-state index in [9.17, 15) is 34.5 Å². The summed E-state index contributed by atoms with van der Waals surface area (Å²) < 4.78 is 28.5. The maximum atomic E-state index is 13.2. The van der Waals surface area contributed by atoms with E-state index in [1.165, 1.54) is 0 Å². The Morgan fingerprint density at radius 1 is 0.420 bits per heavy atom. The number of allylic oxidation sites excluding steroid dienone is 20. The molecule has 0 aliphatic carbocycles. The zero-order valence-electron chi connectivity index (χ0n) is 50.5. The Balaban J connectivity index is 2.70. The van der Waals surface area contributed by atoms with Crippen molar-refractivity contribution in [3.05, 3.63) is 122 Å². The molecular weight excluding hydrogens is 1020 g/mol. The predicted molar refractivity (Wildman–Crippen MR) is 330 cm³/mol. The SMILES string of the molecule is CC/C=C\C/C=C\C/C=C\C/C=C\CCCCCCCCC(=O)OCC(COC1OC(C(=O)O)C(O)C(O)C1OC(=O)CCCCCCC/C=C\C/C=C\CCC)OC(=O)CCCCCCCC/C=C\C/C=C\C/C=C\C/C=C\CC. The number of aliphatic carboxylic acids is 1. The molecule has 1 rings (SSSR count). The number of carbonyl (C=O) groups is 4. The molecule has 6 atom stereocenters. The first-order valence-electron chi connectivity index (χ1n) is 31.5. The van der Waals surface area contributed by atoms with E-state index in [0.29, 0.717) is 19.3 Å². The van der Waals surface area contributed by atoms with E-state index in [-0.39, 0.29) is 25.9 Å². The Labute approximate surface area is 490 Å². The standard InChI is InChI=1S/C69H110O12/c1-4-7-10-13-16-19-22-25-27-29-31-33-35-38-40-43-46-49-52-55-61(70)77-58-60(79-62(71)56-53-50-47-44-42-39-36-34-32-30-28-26-23-20-17-14-11-8-5-2)59-78-69-67(65(74)64(73)66(81-69)68(75)76)80-63(72)57-54-51-48-45-41-37-24-21-18-15-12-9-6-3/h7-8,10-12,15-17,19-21,24-28,31-34,60,64-67,69,73-74H,4-6,9,13-14,18,22-23,29-30,35-59H2,1-3H3,(H,75,76)/b10-7-,11-8-,15-12-,19-16-,20-17-,24-21-,27-25-,28-26-,33-31-,34-32-. The van der Waals surface area contributed by atoms with Gasteiger partial charge in [-0.2, -0.15) is 0 Å². The van der Waals surface area contributed by atoms with Gasteiger partial charge in [-0.1, -0.05) is 219 Å². The van der Waals surface area contributed by atoms with Crippen molar-refractivity contribution in [1.29, 1.82) is 0 Å². The predicted octanol–water partition coefficient (Wildman–Crippen LogP) is 16.8. The number of aliphatic hydroxyl groups excluding tert-OH is 2. The molecule has 1 saturated heterocycles. The molecule has 0 aromatic carbocycles. The van der Waals surface area contributed by atoms with Crippen LogP contribution < -0.4 is 0 Å². The third-order valence-electron chi connectivity index (χ3n) is 13.5. The number of rotatable bonds is 52. The van der Waals surface area contributed by atoms with Crippen molar-refractivity contribution >= 4 is 23.9 Å². The Bertz CT molecular complexity index is 1870. The second-order valence-electron chi connectivity index (χ2n) is 20.9. The maximum absolute atomic E-state index is 13.2. The van der Waals surface area contributed by atoms with Gasteiger partial charge in [0.05, 0.1) is 6.61 Å². The van der Waals surface area contributed by atoms with E-state index >= 15 is 0 Å². The third kappa shape index (κ3) is 45.3. The van der Waals surface area contributed by atoms with Gasteiger partial charge in [-0.25, -0.2) is 4.79 Å². The summed E-state index contributed by atoms with van der Waals surface area (Å²) >= 11 is 0. The van der Waals surface area contributed by atoms with Gasteiger partial charge in [0.15, 0.2) is 24.6 Å². The van der Waals surface area contributed by atoms with Crippen LogP contribution in [0.4, 0.5) is 0 Å². The molecule has 6 unspecified atom stereocenters. The van der Waals surface area contributed by atoms with Crippen molar-refractivity contribution in [2.24, 2.45) is 0 Å². The molecule has 0 aromatic heterocycles. The van der Waals surface area contributed by atoms with Gasteiger partial charge in [-0.05, 0) is 122 Å². The van der Waals surface area contributed by atoms with Crippen LogP contribution in [0.25, 0.3) is 0 Å². The number of aliphatic hydroxyl groups is 2. The van der Waals surface area contributed by atoms with Crippen molar-refractivity contribution in [2.75, 3.05) is 13.2 Å². The maximum Gasteiger partial charge on any atom is 0.335 e. The first-order chi connectivity index (χ1) is 39.6. The van der Waals surface area contributed by atoms with Crippen LogP contribution in [0.2, 0.25) is 0 Å². The first kappa shape index (κ1) is 74.1. The van der Waals surface area contributed by atoms with Gasteiger partial charge >= 0.3 is 23.9 Å². The molecule has 0 bridgehead atoms. The van der Waals surface area contributed by atoms with Gasteiger partial charge in [0.25, 0.3) is 0 Å². The van der Waals surface area contributed by atoms with Crippen LogP contribution in [0.5, 0.6) is 0 Å². The number of ether oxygens (including phenoxy) is 5. The molecule has 0 spiro atoms. The van der Waals surface area contributed by atoms with Gasteiger partial charge in [0, 0.05) is 19.3 Å². The summed E-state index contributed by atoms with van der Waals surface area (Å²) in [4.78, 5) is 51.3. The minimum Gasteiger partial charge on any atom is -0.479 e. The molecule has 12 nitrogen and oxygen atoms in total. The highest BCUT2D eigenvalue weighted by Crippen LogP contribution is 2.26. The second-order valence-corrected chi connectivity index (χ2v) is 20.9. The molecule has 0 saturated carbocycles. The van der Waals surface area contributed by atoms with Crippen LogP contribution in [0.3, 0.4) is 0 Å². The zero-order chi connectivity index (χ0) is 58.9. The van der Waals surface area contributed by atoms with E-state index in [1.54, 1.807) is 0 Å². The molecular formula is C69H110O12. The summed E-state index contributed by atoms with van der Waals surface area (Å²) in [5.41, 5.74) is 0. The monoisotopic (exact) mass is 1130 g/mol.